The van der Waals surface area contributed by atoms with Crippen LogP contribution in [0, 0.1) is 11.3 Å². The minimum atomic E-state index is 0.662. The number of fused-ring (bicyclic) bond motifs is 1. The normalized spacial score (nSPS) is 13.1. The van der Waals surface area contributed by atoms with Crippen molar-refractivity contribution in [2.75, 3.05) is 18.5 Å². The zero-order valence-corrected chi connectivity index (χ0v) is 11.6. The van der Waals surface area contributed by atoms with Gasteiger partial charge in [0.15, 0.2) is 11.5 Å². The molecule has 2 aromatic carbocycles. The lowest BCUT2D eigenvalue weighted by atomic mass is 10.1. The maximum Gasteiger partial charge on any atom is 0.163 e. The zero-order valence-electron chi connectivity index (χ0n) is 11.6. The Hall–Kier alpha value is -2.67. The van der Waals surface area contributed by atoms with Crippen molar-refractivity contribution in [1.82, 2.24) is 0 Å². The molecule has 1 N–H and O–H groups in total. The van der Waals surface area contributed by atoms with E-state index in [1.165, 1.54) is 0 Å². The van der Waals surface area contributed by atoms with Gasteiger partial charge in [0.1, 0.15) is 0 Å². The van der Waals surface area contributed by atoms with Gasteiger partial charge in [-0.2, -0.15) is 5.26 Å². The van der Waals surface area contributed by atoms with Crippen LogP contribution in [0.2, 0.25) is 0 Å². The molecule has 0 radical (unpaired) electrons. The first-order chi connectivity index (χ1) is 10.3. The van der Waals surface area contributed by atoms with E-state index in [-0.39, 0.29) is 0 Å². The van der Waals surface area contributed by atoms with E-state index in [0.29, 0.717) is 25.3 Å². The molecule has 1 heterocycles. The average Bonchev–Trinajstić information content (AvgIpc) is 2.78. The van der Waals surface area contributed by atoms with Gasteiger partial charge in [0.25, 0.3) is 0 Å². The summed E-state index contributed by atoms with van der Waals surface area (Å²) in [6.45, 7) is 2.04. The minimum Gasteiger partial charge on any atom is -0.490 e. The predicted molar refractivity (Wildman–Crippen MR) is 80.5 cm³/mol. The summed E-state index contributed by atoms with van der Waals surface area (Å²) in [5.41, 5.74) is 2.72. The fourth-order valence-corrected chi connectivity index (χ4v) is 2.23. The monoisotopic (exact) mass is 280 g/mol. The highest BCUT2D eigenvalue weighted by Gasteiger charge is 2.10. The third-order valence-electron chi connectivity index (χ3n) is 3.30. The highest BCUT2D eigenvalue weighted by atomic mass is 16.5. The fourth-order valence-electron chi connectivity index (χ4n) is 2.23. The molecule has 0 aliphatic carbocycles. The highest BCUT2D eigenvalue weighted by molar-refractivity contribution is 5.55. The lowest BCUT2D eigenvalue weighted by molar-refractivity contribution is 0.297. The standard InChI is InChI=1S/C17H16N2O2/c18-11-13-3-1-4-14(9-13)12-19-15-5-6-16-17(10-15)21-8-2-7-20-16/h1,3-6,9-10,19H,2,7-8,12H2. The van der Waals surface area contributed by atoms with Crippen molar-refractivity contribution in [3.8, 4) is 17.6 Å². The Morgan fingerprint density at radius 3 is 2.76 bits per heavy atom. The average molecular weight is 280 g/mol. The minimum absolute atomic E-state index is 0.662. The first kappa shape index (κ1) is 13.3. The van der Waals surface area contributed by atoms with Crippen LogP contribution in [-0.4, -0.2) is 13.2 Å². The summed E-state index contributed by atoms with van der Waals surface area (Å²) < 4.78 is 11.3. The van der Waals surface area contributed by atoms with Gasteiger partial charge in [-0.3, -0.25) is 0 Å². The quantitative estimate of drug-likeness (QED) is 0.937. The van der Waals surface area contributed by atoms with E-state index in [9.17, 15) is 0 Å². The molecule has 1 aliphatic heterocycles. The summed E-state index contributed by atoms with van der Waals surface area (Å²) in [6.07, 6.45) is 0.901. The van der Waals surface area contributed by atoms with Crippen molar-refractivity contribution in [3.05, 3.63) is 53.6 Å². The Balaban J connectivity index is 1.70. The molecule has 0 unspecified atom stereocenters. The molecule has 4 nitrogen and oxygen atoms in total. The van der Waals surface area contributed by atoms with Gasteiger partial charge in [0.2, 0.25) is 0 Å². The first-order valence-electron chi connectivity index (χ1n) is 6.98. The highest BCUT2D eigenvalue weighted by Crippen LogP contribution is 2.32. The number of nitrogens with zero attached hydrogens (tertiary/aromatic N) is 1. The predicted octanol–water partition coefficient (Wildman–Crippen LogP) is 3.33. The van der Waals surface area contributed by atoms with Crippen LogP contribution < -0.4 is 14.8 Å². The van der Waals surface area contributed by atoms with Crippen LogP contribution in [0.25, 0.3) is 0 Å². The molecule has 106 valence electrons. The summed E-state index contributed by atoms with van der Waals surface area (Å²) in [6, 6.07) is 15.6. The lowest BCUT2D eigenvalue weighted by Gasteiger charge is -2.11. The van der Waals surface area contributed by atoms with Crippen LogP contribution in [0.5, 0.6) is 11.5 Å². The van der Waals surface area contributed by atoms with Gasteiger partial charge in [0.05, 0.1) is 24.8 Å². The third-order valence-corrected chi connectivity index (χ3v) is 3.30. The van der Waals surface area contributed by atoms with E-state index in [0.717, 1.165) is 29.2 Å². The molecule has 0 bridgehead atoms. The van der Waals surface area contributed by atoms with Crippen LogP contribution in [0.1, 0.15) is 17.5 Å². The number of nitrogens with one attached hydrogen (secondary N) is 1. The van der Waals surface area contributed by atoms with Crippen LogP contribution >= 0.6 is 0 Å². The van der Waals surface area contributed by atoms with Crippen LogP contribution in [-0.2, 0) is 6.54 Å². The van der Waals surface area contributed by atoms with Gasteiger partial charge in [-0.05, 0) is 29.8 Å². The van der Waals surface area contributed by atoms with Gasteiger partial charge < -0.3 is 14.8 Å². The maximum absolute atomic E-state index is 8.91. The molecule has 4 heteroatoms. The van der Waals surface area contributed by atoms with Gasteiger partial charge in [-0.25, -0.2) is 0 Å². The summed E-state index contributed by atoms with van der Waals surface area (Å²) in [7, 11) is 0. The second-order valence-electron chi connectivity index (χ2n) is 4.88. The summed E-state index contributed by atoms with van der Waals surface area (Å²) in [5.74, 6) is 1.58. The lowest BCUT2D eigenvalue weighted by Crippen LogP contribution is -2.00. The number of hydrogen-bond donors (Lipinski definition) is 1. The molecule has 1 aliphatic rings. The van der Waals surface area contributed by atoms with Crippen LogP contribution in [0.4, 0.5) is 5.69 Å². The molecule has 0 fully saturated rings. The SMILES string of the molecule is N#Cc1cccc(CNc2ccc3c(c2)OCCCO3)c1. The Bertz CT molecular complexity index is 677. The van der Waals surface area contributed by atoms with Gasteiger partial charge >= 0.3 is 0 Å². The third kappa shape index (κ3) is 3.26. The molecule has 3 rings (SSSR count). The van der Waals surface area contributed by atoms with Crippen LogP contribution in [0.3, 0.4) is 0 Å². The molecule has 0 saturated carbocycles. The molecule has 0 saturated heterocycles. The number of ether oxygens (including phenoxy) is 2. The second-order valence-corrected chi connectivity index (χ2v) is 4.88. The Labute approximate surface area is 123 Å². The molecule has 0 atom stereocenters. The van der Waals surface area contributed by atoms with E-state index >= 15 is 0 Å². The van der Waals surface area contributed by atoms with E-state index in [1.54, 1.807) is 6.07 Å². The number of benzene rings is 2. The molecular weight excluding hydrogens is 264 g/mol. The zero-order chi connectivity index (χ0) is 14.5. The van der Waals surface area contributed by atoms with E-state index in [2.05, 4.69) is 11.4 Å². The Morgan fingerprint density at radius 2 is 1.90 bits per heavy atom. The molecular formula is C17H16N2O2. The van der Waals surface area contributed by atoms with E-state index in [1.807, 2.05) is 36.4 Å². The van der Waals surface area contributed by atoms with Crippen molar-refractivity contribution in [2.45, 2.75) is 13.0 Å². The number of rotatable bonds is 3. The first-order valence-corrected chi connectivity index (χ1v) is 6.98. The van der Waals surface area contributed by atoms with Crippen molar-refractivity contribution in [3.63, 3.8) is 0 Å². The van der Waals surface area contributed by atoms with Crippen molar-refractivity contribution in [2.24, 2.45) is 0 Å². The summed E-state index contributed by atoms with van der Waals surface area (Å²) in [4.78, 5) is 0. The Morgan fingerprint density at radius 1 is 1.05 bits per heavy atom. The number of anilines is 1. The largest absolute Gasteiger partial charge is 0.490 e. The van der Waals surface area contributed by atoms with Crippen molar-refractivity contribution >= 4 is 5.69 Å². The fraction of sp³-hybridized carbons (Fsp3) is 0.235. The van der Waals surface area contributed by atoms with Gasteiger partial charge in [0, 0.05) is 24.7 Å². The second kappa shape index (κ2) is 6.19. The Kier molecular flexibility index (Phi) is 3.92. The number of hydrogen-bond acceptors (Lipinski definition) is 4. The maximum atomic E-state index is 8.91. The smallest absolute Gasteiger partial charge is 0.163 e. The molecule has 2 aromatic rings. The van der Waals surface area contributed by atoms with E-state index < -0.39 is 0 Å². The van der Waals surface area contributed by atoms with Crippen molar-refractivity contribution in [1.29, 1.82) is 5.26 Å². The van der Waals surface area contributed by atoms with Gasteiger partial charge in [-0.15, -0.1) is 0 Å². The van der Waals surface area contributed by atoms with Crippen molar-refractivity contribution < 1.29 is 9.47 Å². The van der Waals surface area contributed by atoms with Gasteiger partial charge in [-0.1, -0.05) is 12.1 Å². The van der Waals surface area contributed by atoms with Crippen LogP contribution in [0.15, 0.2) is 42.5 Å². The molecule has 0 amide bonds. The van der Waals surface area contributed by atoms with E-state index in [4.69, 9.17) is 14.7 Å². The number of nitriles is 1. The summed E-state index contributed by atoms with van der Waals surface area (Å²) >= 11 is 0. The molecule has 0 aromatic heterocycles. The topological polar surface area (TPSA) is 54.3 Å². The molecule has 21 heavy (non-hydrogen) atoms. The summed E-state index contributed by atoms with van der Waals surface area (Å²) in [5, 5.41) is 12.2. The molecule has 0 spiro atoms.